The van der Waals surface area contributed by atoms with Gasteiger partial charge in [-0.15, -0.1) is 0 Å². The first-order valence-corrected chi connectivity index (χ1v) is 8.05. The van der Waals surface area contributed by atoms with Crippen LogP contribution in [0.25, 0.3) is 0 Å². The fourth-order valence-corrected chi connectivity index (χ4v) is 2.90. The number of rotatable bonds is 6. The molecule has 3 aromatic rings. The zero-order valence-corrected chi connectivity index (χ0v) is 13.7. The van der Waals surface area contributed by atoms with E-state index < -0.39 is 0 Å². The van der Waals surface area contributed by atoms with E-state index in [-0.39, 0.29) is 11.7 Å². The van der Waals surface area contributed by atoms with Crippen molar-refractivity contribution in [2.75, 3.05) is 7.11 Å². The normalized spacial score (nSPS) is 11.7. The second kappa shape index (κ2) is 7.60. The lowest BCUT2D eigenvalue weighted by molar-refractivity contribution is 0.0977. The molecule has 0 aliphatic carbocycles. The number of carbonyl (C=O) groups is 1. The van der Waals surface area contributed by atoms with Gasteiger partial charge in [-0.3, -0.25) is 4.79 Å². The number of ketones is 1. The van der Waals surface area contributed by atoms with Crippen molar-refractivity contribution in [3.63, 3.8) is 0 Å². The number of hydrogen-bond donors (Lipinski definition) is 0. The average molecular weight is 316 g/mol. The van der Waals surface area contributed by atoms with Crippen LogP contribution in [0.5, 0.6) is 5.75 Å². The Morgan fingerprint density at radius 3 is 2.12 bits per heavy atom. The third-order valence-corrected chi connectivity index (χ3v) is 4.18. The fraction of sp³-hybridized carbons (Fsp3) is 0.136. The van der Waals surface area contributed by atoms with E-state index in [1.807, 2.05) is 66.7 Å². The van der Waals surface area contributed by atoms with Gasteiger partial charge in [-0.05, 0) is 23.3 Å². The molecule has 0 spiro atoms. The molecule has 120 valence electrons. The molecule has 0 aliphatic rings. The Morgan fingerprint density at radius 1 is 0.833 bits per heavy atom. The summed E-state index contributed by atoms with van der Waals surface area (Å²) in [4.78, 5) is 12.7. The minimum atomic E-state index is 0.00834. The Kier molecular flexibility index (Phi) is 5.07. The van der Waals surface area contributed by atoms with Crippen LogP contribution in [0.4, 0.5) is 0 Å². The number of Topliss-reactive ketones (excluding diaryl/α,β-unsaturated/α-hetero) is 1. The van der Waals surface area contributed by atoms with Gasteiger partial charge < -0.3 is 4.74 Å². The van der Waals surface area contributed by atoms with Gasteiger partial charge in [0.05, 0.1) is 7.11 Å². The molecular weight excluding hydrogens is 296 g/mol. The van der Waals surface area contributed by atoms with Crippen LogP contribution < -0.4 is 4.74 Å². The van der Waals surface area contributed by atoms with Gasteiger partial charge in [0.25, 0.3) is 0 Å². The molecule has 2 nitrogen and oxygen atoms in total. The summed E-state index contributed by atoms with van der Waals surface area (Å²) < 4.78 is 5.35. The molecule has 2 heteroatoms. The lowest BCUT2D eigenvalue weighted by Gasteiger charge is -2.18. The highest BCUT2D eigenvalue weighted by atomic mass is 16.5. The van der Waals surface area contributed by atoms with Gasteiger partial charge >= 0.3 is 0 Å². The van der Waals surface area contributed by atoms with Gasteiger partial charge in [-0.25, -0.2) is 0 Å². The van der Waals surface area contributed by atoms with Gasteiger partial charge in [0.15, 0.2) is 5.78 Å². The molecule has 0 amide bonds. The van der Waals surface area contributed by atoms with Crippen LogP contribution in [-0.4, -0.2) is 12.9 Å². The number of carbonyl (C=O) groups excluding carboxylic acids is 1. The van der Waals surface area contributed by atoms with Crippen LogP contribution in [0.15, 0.2) is 84.9 Å². The summed E-state index contributed by atoms with van der Waals surface area (Å²) in [6.07, 6.45) is 0.432. The lowest BCUT2D eigenvalue weighted by atomic mass is 9.86. The summed E-state index contributed by atoms with van der Waals surface area (Å²) in [5.74, 6) is 0.960. The van der Waals surface area contributed by atoms with E-state index >= 15 is 0 Å². The maximum absolute atomic E-state index is 12.7. The first kappa shape index (κ1) is 16.0. The molecule has 0 saturated heterocycles. The van der Waals surface area contributed by atoms with Crippen molar-refractivity contribution in [2.45, 2.75) is 12.3 Å². The second-order valence-corrected chi connectivity index (χ2v) is 5.73. The maximum atomic E-state index is 12.7. The van der Waals surface area contributed by atoms with Gasteiger partial charge in [-0.2, -0.15) is 0 Å². The lowest BCUT2D eigenvalue weighted by Crippen LogP contribution is -2.09. The summed E-state index contributed by atoms with van der Waals surface area (Å²) in [5, 5.41) is 0. The molecule has 0 heterocycles. The third kappa shape index (κ3) is 3.72. The van der Waals surface area contributed by atoms with E-state index in [4.69, 9.17) is 4.74 Å². The first-order valence-electron chi connectivity index (χ1n) is 8.05. The van der Waals surface area contributed by atoms with Crippen LogP contribution >= 0.6 is 0 Å². The SMILES string of the molecule is COc1cccc([C@@H](CC(=O)c2ccccc2)c2ccccc2)c1. The summed E-state index contributed by atoms with van der Waals surface area (Å²) in [5.41, 5.74) is 2.97. The predicted octanol–water partition coefficient (Wildman–Crippen LogP) is 5.10. The van der Waals surface area contributed by atoms with Crippen molar-refractivity contribution in [1.29, 1.82) is 0 Å². The average Bonchev–Trinajstić information content (AvgIpc) is 2.67. The van der Waals surface area contributed by atoms with E-state index in [1.54, 1.807) is 7.11 Å². The van der Waals surface area contributed by atoms with E-state index in [1.165, 1.54) is 0 Å². The predicted molar refractivity (Wildman–Crippen MR) is 96.7 cm³/mol. The zero-order valence-electron chi connectivity index (χ0n) is 13.7. The van der Waals surface area contributed by atoms with Crippen molar-refractivity contribution in [3.05, 3.63) is 102 Å². The number of methoxy groups -OCH3 is 1. The second-order valence-electron chi connectivity index (χ2n) is 5.73. The highest BCUT2D eigenvalue weighted by molar-refractivity contribution is 5.96. The maximum Gasteiger partial charge on any atom is 0.163 e. The van der Waals surface area contributed by atoms with Crippen LogP contribution in [0.3, 0.4) is 0 Å². The fourth-order valence-electron chi connectivity index (χ4n) is 2.90. The van der Waals surface area contributed by atoms with E-state index in [0.29, 0.717) is 6.42 Å². The van der Waals surface area contributed by atoms with E-state index in [9.17, 15) is 4.79 Å². The quantitative estimate of drug-likeness (QED) is 0.591. The highest BCUT2D eigenvalue weighted by Crippen LogP contribution is 2.31. The molecule has 0 fully saturated rings. The molecule has 24 heavy (non-hydrogen) atoms. The topological polar surface area (TPSA) is 26.3 Å². The molecule has 0 bridgehead atoms. The Labute approximate surface area is 142 Å². The summed E-state index contributed by atoms with van der Waals surface area (Å²) in [7, 11) is 1.66. The Morgan fingerprint density at radius 2 is 1.46 bits per heavy atom. The first-order chi connectivity index (χ1) is 11.8. The molecule has 0 aromatic heterocycles. The van der Waals surface area contributed by atoms with Crippen LogP contribution in [-0.2, 0) is 0 Å². The van der Waals surface area contributed by atoms with Gasteiger partial charge in [0.2, 0.25) is 0 Å². The molecular formula is C22H20O2. The van der Waals surface area contributed by atoms with E-state index in [2.05, 4.69) is 18.2 Å². The van der Waals surface area contributed by atoms with Crippen LogP contribution in [0.1, 0.15) is 33.8 Å². The minimum Gasteiger partial charge on any atom is -0.497 e. The summed E-state index contributed by atoms with van der Waals surface area (Å²) in [6, 6.07) is 27.6. The van der Waals surface area contributed by atoms with Crippen molar-refractivity contribution < 1.29 is 9.53 Å². The molecule has 0 unspecified atom stereocenters. The Bertz CT molecular complexity index is 794. The van der Waals surface area contributed by atoms with Crippen LogP contribution in [0.2, 0.25) is 0 Å². The van der Waals surface area contributed by atoms with Gasteiger partial charge in [0, 0.05) is 17.9 Å². The van der Waals surface area contributed by atoms with Gasteiger partial charge in [0.1, 0.15) is 5.75 Å². The third-order valence-electron chi connectivity index (χ3n) is 4.18. The largest absolute Gasteiger partial charge is 0.497 e. The summed E-state index contributed by atoms with van der Waals surface area (Å²) in [6.45, 7) is 0. The Hall–Kier alpha value is -2.87. The molecule has 3 aromatic carbocycles. The summed E-state index contributed by atoms with van der Waals surface area (Å²) >= 11 is 0. The van der Waals surface area contributed by atoms with Crippen molar-refractivity contribution in [2.24, 2.45) is 0 Å². The smallest absolute Gasteiger partial charge is 0.163 e. The molecule has 0 saturated carbocycles. The minimum absolute atomic E-state index is 0.00834. The van der Waals surface area contributed by atoms with Crippen molar-refractivity contribution in [1.82, 2.24) is 0 Å². The van der Waals surface area contributed by atoms with Gasteiger partial charge in [-0.1, -0.05) is 72.8 Å². The molecule has 3 rings (SSSR count). The molecule has 0 aliphatic heterocycles. The van der Waals surface area contributed by atoms with E-state index in [0.717, 1.165) is 22.4 Å². The highest BCUT2D eigenvalue weighted by Gasteiger charge is 2.19. The van der Waals surface area contributed by atoms with Crippen molar-refractivity contribution in [3.8, 4) is 5.75 Å². The molecule has 0 radical (unpaired) electrons. The number of benzene rings is 3. The molecule has 1 atom stereocenters. The number of ether oxygens (including phenoxy) is 1. The Balaban J connectivity index is 1.95. The zero-order chi connectivity index (χ0) is 16.8. The van der Waals surface area contributed by atoms with Crippen molar-refractivity contribution >= 4 is 5.78 Å². The van der Waals surface area contributed by atoms with Crippen LogP contribution in [0, 0.1) is 0 Å². The monoisotopic (exact) mass is 316 g/mol. The number of hydrogen-bond acceptors (Lipinski definition) is 2. The standard InChI is InChI=1S/C22H20O2/c1-24-20-14-8-13-19(15-20)21(17-9-4-2-5-10-17)16-22(23)18-11-6-3-7-12-18/h2-15,21H,16H2,1H3/t21-/m0/s1. The molecule has 0 N–H and O–H groups in total.